The number of benzene rings is 2. The molecule has 0 bridgehead atoms. The van der Waals surface area contributed by atoms with Crippen LogP contribution in [0.4, 0.5) is 0 Å². The summed E-state index contributed by atoms with van der Waals surface area (Å²) in [7, 11) is 0. The molecule has 140 valence electrons. The standard InChI is InChI=1S/C25H28O2/c1-20-16-19-24(26)25(20)27-23(18-17-22-12-6-3-7-13-22)15-9-8-14-21-10-4-2-5-11-21/h2-7,9-13,15,23H,8,14,16-19H2,1H3/b15-9+/t23-/m0/s1. The Labute approximate surface area is 162 Å². The Morgan fingerprint density at radius 2 is 1.56 bits per heavy atom. The summed E-state index contributed by atoms with van der Waals surface area (Å²) in [6, 6.07) is 20.9. The van der Waals surface area contributed by atoms with Crippen LogP contribution >= 0.6 is 0 Å². The second-order valence-electron chi connectivity index (χ2n) is 7.17. The summed E-state index contributed by atoms with van der Waals surface area (Å²) >= 11 is 0. The van der Waals surface area contributed by atoms with E-state index >= 15 is 0 Å². The van der Waals surface area contributed by atoms with Gasteiger partial charge in [-0.3, -0.25) is 4.79 Å². The maximum atomic E-state index is 12.1. The first-order valence-corrected chi connectivity index (χ1v) is 9.86. The van der Waals surface area contributed by atoms with E-state index in [2.05, 4.69) is 60.7 Å². The summed E-state index contributed by atoms with van der Waals surface area (Å²) in [6.45, 7) is 2.01. The molecule has 0 saturated heterocycles. The molecule has 2 nitrogen and oxygen atoms in total. The largest absolute Gasteiger partial charge is 0.483 e. The van der Waals surface area contributed by atoms with Crippen LogP contribution in [0.1, 0.15) is 43.7 Å². The molecule has 0 aromatic heterocycles. The molecule has 1 aliphatic carbocycles. The van der Waals surface area contributed by atoms with E-state index in [1.165, 1.54) is 11.1 Å². The summed E-state index contributed by atoms with van der Waals surface area (Å²) in [4.78, 5) is 12.1. The zero-order valence-corrected chi connectivity index (χ0v) is 16.1. The second kappa shape index (κ2) is 9.91. The zero-order valence-electron chi connectivity index (χ0n) is 16.1. The third-order valence-electron chi connectivity index (χ3n) is 4.99. The van der Waals surface area contributed by atoms with Crippen LogP contribution < -0.4 is 0 Å². The smallest absolute Gasteiger partial charge is 0.197 e. The van der Waals surface area contributed by atoms with Crippen molar-refractivity contribution in [3.8, 4) is 0 Å². The first kappa shape index (κ1) is 19.2. The summed E-state index contributed by atoms with van der Waals surface area (Å²) in [5.74, 6) is 0.746. The molecule has 0 aliphatic heterocycles. The van der Waals surface area contributed by atoms with Crippen LogP contribution in [-0.4, -0.2) is 11.9 Å². The van der Waals surface area contributed by atoms with Crippen molar-refractivity contribution >= 4 is 5.78 Å². The van der Waals surface area contributed by atoms with Crippen molar-refractivity contribution in [2.24, 2.45) is 0 Å². The average Bonchev–Trinajstić information content (AvgIpc) is 3.02. The van der Waals surface area contributed by atoms with Crippen molar-refractivity contribution in [2.75, 3.05) is 0 Å². The normalized spacial score (nSPS) is 15.5. The van der Waals surface area contributed by atoms with E-state index in [0.717, 1.165) is 37.7 Å². The van der Waals surface area contributed by atoms with Crippen LogP contribution in [0.5, 0.6) is 0 Å². The minimum Gasteiger partial charge on any atom is -0.483 e. The summed E-state index contributed by atoms with van der Waals surface area (Å²) in [5.41, 5.74) is 3.73. The lowest BCUT2D eigenvalue weighted by Crippen LogP contribution is -2.14. The molecule has 0 spiro atoms. The van der Waals surface area contributed by atoms with Gasteiger partial charge < -0.3 is 4.74 Å². The van der Waals surface area contributed by atoms with E-state index in [1.54, 1.807) is 0 Å². The third kappa shape index (κ3) is 5.96. The Kier molecular flexibility index (Phi) is 7.04. The second-order valence-corrected chi connectivity index (χ2v) is 7.17. The van der Waals surface area contributed by atoms with Gasteiger partial charge in [0.15, 0.2) is 11.5 Å². The summed E-state index contributed by atoms with van der Waals surface area (Å²) in [5, 5.41) is 0. The van der Waals surface area contributed by atoms with Gasteiger partial charge in [0.05, 0.1) is 0 Å². The molecule has 1 aliphatic rings. The fourth-order valence-electron chi connectivity index (χ4n) is 3.37. The Bertz CT molecular complexity index is 788. The van der Waals surface area contributed by atoms with Gasteiger partial charge in [0.2, 0.25) is 0 Å². The summed E-state index contributed by atoms with van der Waals surface area (Å²) < 4.78 is 6.15. The van der Waals surface area contributed by atoms with E-state index in [-0.39, 0.29) is 11.9 Å². The van der Waals surface area contributed by atoms with Crippen LogP contribution in [0, 0.1) is 0 Å². The Hall–Kier alpha value is -2.61. The van der Waals surface area contributed by atoms with Gasteiger partial charge in [-0.15, -0.1) is 0 Å². The maximum Gasteiger partial charge on any atom is 0.197 e. The Morgan fingerprint density at radius 3 is 2.15 bits per heavy atom. The minimum atomic E-state index is -0.0621. The van der Waals surface area contributed by atoms with Crippen molar-refractivity contribution in [1.29, 1.82) is 0 Å². The van der Waals surface area contributed by atoms with Gasteiger partial charge in [0.1, 0.15) is 6.10 Å². The zero-order chi connectivity index (χ0) is 18.9. The van der Waals surface area contributed by atoms with Gasteiger partial charge in [-0.1, -0.05) is 66.7 Å². The number of ketones is 1. The highest BCUT2D eigenvalue weighted by Gasteiger charge is 2.24. The minimum absolute atomic E-state index is 0.0621. The van der Waals surface area contributed by atoms with E-state index in [9.17, 15) is 4.79 Å². The number of rotatable bonds is 9. The maximum absolute atomic E-state index is 12.1. The number of hydrogen-bond acceptors (Lipinski definition) is 2. The Morgan fingerprint density at radius 1 is 0.926 bits per heavy atom. The molecule has 0 saturated carbocycles. The van der Waals surface area contributed by atoms with Gasteiger partial charge in [-0.25, -0.2) is 0 Å². The molecule has 2 heteroatoms. The molecule has 1 atom stereocenters. The predicted octanol–water partition coefficient (Wildman–Crippen LogP) is 5.83. The molecular weight excluding hydrogens is 332 g/mol. The van der Waals surface area contributed by atoms with Crippen LogP contribution in [-0.2, 0) is 22.4 Å². The van der Waals surface area contributed by atoms with Gasteiger partial charge in [-0.05, 0) is 61.8 Å². The molecule has 0 radical (unpaired) electrons. The van der Waals surface area contributed by atoms with Crippen molar-refractivity contribution in [1.82, 2.24) is 0 Å². The lowest BCUT2D eigenvalue weighted by Gasteiger charge is -2.17. The molecule has 0 N–H and O–H groups in total. The average molecular weight is 360 g/mol. The number of allylic oxidation sites excluding steroid dienone is 3. The molecule has 3 rings (SSSR count). The molecule has 0 fully saturated rings. The number of hydrogen-bond donors (Lipinski definition) is 0. The number of ether oxygens (including phenoxy) is 1. The first-order chi connectivity index (χ1) is 13.2. The first-order valence-electron chi connectivity index (χ1n) is 9.86. The highest BCUT2D eigenvalue weighted by molar-refractivity contribution is 5.96. The lowest BCUT2D eigenvalue weighted by atomic mass is 10.1. The highest BCUT2D eigenvalue weighted by Crippen LogP contribution is 2.25. The van der Waals surface area contributed by atoms with E-state index in [0.29, 0.717) is 12.2 Å². The highest BCUT2D eigenvalue weighted by atomic mass is 16.5. The SMILES string of the molecule is CC1=C(O[C@@H](/C=C/CCc2ccccc2)CCc2ccccc2)C(=O)CC1. The van der Waals surface area contributed by atoms with E-state index < -0.39 is 0 Å². The molecule has 0 amide bonds. The van der Waals surface area contributed by atoms with Gasteiger partial charge in [-0.2, -0.15) is 0 Å². The molecule has 27 heavy (non-hydrogen) atoms. The molecule has 2 aromatic carbocycles. The van der Waals surface area contributed by atoms with Crippen LogP contribution in [0.2, 0.25) is 0 Å². The monoisotopic (exact) mass is 360 g/mol. The number of Topliss-reactive ketones (excluding diaryl/α,β-unsaturated/α-hetero) is 1. The summed E-state index contributed by atoms with van der Waals surface area (Å²) in [6.07, 6.45) is 9.49. The fraction of sp³-hybridized carbons (Fsp3) is 0.320. The topological polar surface area (TPSA) is 26.3 Å². The van der Waals surface area contributed by atoms with Crippen molar-refractivity contribution < 1.29 is 9.53 Å². The quantitative estimate of drug-likeness (QED) is 0.526. The van der Waals surface area contributed by atoms with Crippen molar-refractivity contribution in [2.45, 2.75) is 51.6 Å². The van der Waals surface area contributed by atoms with E-state index in [4.69, 9.17) is 4.74 Å². The van der Waals surface area contributed by atoms with Gasteiger partial charge in [0, 0.05) is 6.42 Å². The van der Waals surface area contributed by atoms with Gasteiger partial charge in [0.25, 0.3) is 0 Å². The number of carbonyl (C=O) groups excluding carboxylic acids is 1. The van der Waals surface area contributed by atoms with Crippen molar-refractivity contribution in [3.05, 3.63) is 95.3 Å². The lowest BCUT2D eigenvalue weighted by molar-refractivity contribution is -0.118. The molecule has 0 unspecified atom stereocenters. The van der Waals surface area contributed by atoms with Gasteiger partial charge >= 0.3 is 0 Å². The van der Waals surface area contributed by atoms with Crippen LogP contribution in [0.15, 0.2) is 84.1 Å². The molecule has 0 heterocycles. The van der Waals surface area contributed by atoms with Crippen molar-refractivity contribution in [3.63, 3.8) is 0 Å². The third-order valence-corrected chi connectivity index (χ3v) is 4.99. The van der Waals surface area contributed by atoms with Crippen LogP contribution in [0.25, 0.3) is 0 Å². The molecule has 2 aromatic rings. The Balaban J connectivity index is 1.60. The van der Waals surface area contributed by atoms with Crippen LogP contribution in [0.3, 0.4) is 0 Å². The number of carbonyl (C=O) groups is 1. The van der Waals surface area contributed by atoms with E-state index in [1.807, 2.05) is 19.1 Å². The predicted molar refractivity (Wildman–Crippen MR) is 110 cm³/mol. The number of aryl methyl sites for hydroxylation is 2. The fourth-order valence-corrected chi connectivity index (χ4v) is 3.37. The molecular formula is C25H28O2.